The molecule has 0 saturated carbocycles. The van der Waals surface area contributed by atoms with Crippen molar-refractivity contribution in [3.05, 3.63) is 84.1 Å². The fourth-order valence-electron chi connectivity index (χ4n) is 3.45. The van der Waals surface area contributed by atoms with E-state index in [0.717, 1.165) is 33.4 Å². The second kappa shape index (κ2) is 7.11. The van der Waals surface area contributed by atoms with E-state index in [4.69, 9.17) is 0 Å². The van der Waals surface area contributed by atoms with Crippen molar-refractivity contribution in [3.8, 4) is 5.69 Å². The molecule has 0 unspecified atom stereocenters. The van der Waals surface area contributed by atoms with Crippen LogP contribution in [0.2, 0.25) is 0 Å². The Bertz CT molecular complexity index is 1060. The van der Waals surface area contributed by atoms with Gasteiger partial charge in [0.05, 0.1) is 18.8 Å². The van der Waals surface area contributed by atoms with Crippen LogP contribution in [0.3, 0.4) is 0 Å². The minimum Gasteiger partial charge on any atom is -0.358 e. The highest BCUT2D eigenvalue weighted by Crippen LogP contribution is 2.23. The topological polar surface area (TPSA) is 62.7 Å². The van der Waals surface area contributed by atoms with Crippen molar-refractivity contribution in [3.63, 3.8) is 0 Å². The Balaban J connectivity index is 1.45. The molecule has 5 nitrogen and oxygen atoms in total. The van der Waals surface area contributed by atoms with Crippen LogP contribution in [-0.2, 0) is 11.2 Å². The predicted octanol–water partition coefficient (Wildman–Crippen LogP) is 4.08. The minimum absolute atomic E-state index is 0.0223. The summed E-state index contributed by atoms with van der Waals surface area (Å²) in [6, 6.07) is 16.2. The van der Waals surface area contributed by atoms with Crippen LogP contribution in [0, 0.1) is 6.92 Å². The molecule has 0 fully saturated rings. The molecule has 0 aliphatic carbocycles. The van der Waals surface area contributed by atoms with Crippen molar-refractivity contribution in [2.75, 3.05) is 0 Å². The maximum Gasteiger partial charge on any atom is 0.224 e. The lowest BCUT2D eigenvalue weighted by Gasteiger charge is -2.15. The number of hydrogen-bond donors (Lipinski definition) is 2. The Morgan fingerprint density at radius 3 is 2.70 bits per heavy atom. The SMILES string of the molecule is Cc1[nH]c2ccccc2c1CC(=O)N[C@@H](C)c1ccc(-n2ccnc2)cc1. The normalized spacial score (nSPS) is 12.2. The van der Waals surface area contributed by atoms with Gasteiger partial charge < -0.3 is 14.9 Å². The van der Waals surface area contributed by atoms with E-state index in [2.05, 4.69) is 21.4 Å². The van der Waals surface area contributed by atoms with E-state index in [-0.39, 0.29) is 11.9 Å². The number of rotatable bonds is 5. The number of nitrogens with one attached hydrogen (secondary N) is 2. The largest absolute Gasteiger partial charge is 0.358 e. The number of fused-ring (bicyclic) bond motifs is 1. The van der Waals surface area contributed by atoms with Gasteiger partial charge in [-0.15, -0.1) is 0 Å². The van der Waals surface area contributed by atoms with Crippen LogP contribution in [0.15, 0.2) is 67.3 Å². The summed E-state index contributed by atoms with van der Waals surface area (Å²) in [4.78, 5) is 20.0. The third kappa shape index (κ3) is 3.49. The molecule has 5 heteroatoms. The van der Waals surface area contributed by atoms with E-state index < -0.39 is 0 Å². The van der Waals surface area contributed by atoms with Crippen LogP contribution in [0.1, 0.15) is 29.8 Å². The van der Waals surface area contributed by atoms with Gasteiger partial charge in [-0.25, -0.2) is 4.98 Å². The molecule has 2 N–H and O–H groups in total. The third-order valence-electron chi connectivity index (χ3n) is 4.94. The summed E-state index contributed by atoms with van der Waals surface area (Å²) >= 11 is 0. The molecule has 0 aliphatic heterocycles. The number of carbonyl (C=O) groups is 1. The zero-order valence-corrected chi connectivity index (χ0v) is 15.4. The summed E-state index contributed by atoms with van der Waals surface area (Å²) in [6.07, 6.45) is 5.80. The quantitative estimate of drug-likeness (QED) is 0.565. The fourth-order valence-corrected chi connectivity index (χ4v) is 3.45. The lowest BCUT2D eigenvalue weighted by molar-refractivity contribution is -0.121. The summed E-state index contributed by atoms with van der Waals surface area (Å²) < 4.78 is 1.95. The molecule has 0 spiro atoms. The van der Waals surface area contributed by atoms with Gasteiger partial charge in [0.25, 0.3) is 0 Å². The molecule has 1 atom stereocenters. The van der Waals surface area contributed by atoms with E-state index in [0.29, 0.717) is 6.42 Å². The third-order valence-corrected chi connectivity index (χ3v) is 4.94. The summed E-state index contributed by atoms with van der Waals surface area (Å²) in [5.41, 5.74) is 5.29. The van der Waals surface area contributed by atoms with E-state index in [9.17, 15) is 4.79 Å². The van der Waals surface area contributed by atoms with Gasteiger partial charge >= 0.3 is 0 Å². The first-order chi connectivity index (χ1) is 13.1. The monoisotopic (exact) mass is 358 g/mol. The zero-order valence-electron chi connectivity index (χ0n) is 15.4. The Labute approximate surface area is 158 Å². The van der Waals surface area contributed by atoms with Gasteiger partial charge in [-0.05, 0) is 43.2 Å². The Morgan fingerprint density at radius 2 is 1.96 bits per heavy atom. The first-order valence-electron chi connectivity index (χ1n) is 9.05. The number of carbonyl (C=O) groups excluding carboxylic acids is 1. The molecule has 0 saturated heterocycles. The first-order valence-corrected chi connectivity index (χ1v) is 9.05. The van der Waals surface area contributed by atoms with Crippen LogP contribution in [0.25, 0.3) is 16.6 Å². The minimum atomic E-state index is -0.0557. The molecule has 136 valence electrons. The van der Waals surface area contributed by atoms with E-state index in [1.54, 1.807) is 12.5 Å². The van der Waals surface area contributed by atoms with Crippen molar-refractivity contribution >= 4 is 16.8 Å². The van der Waals surface area contributed by atoms with Gasteiger partial charge in [-0.3, -0.25) is 4.79 Å². The number of nitrogens with zero attached hydrogens (tertiary/aromatic N) is 2. The Kier molecular flexibility index (Phi) is 4.50. The molecular weight excluding hydrogens is 336 g/mol. The van der Waals surface area contributed by atoms with Crippen LogP contribution < -0.4 is 5.32 Å². The number of imidazole rings is 1. The molecule has 2 heterocycles. The summed E-state index contributed by atoms with van der Waals surface area (Å²) in [5.74, 6) is 0.0223. The van der Waals surface area contributed by atoms with E-state index in [1.165, 1.54) is 0 Å². The van der Waals surface area contributed by atoms with Crippen LogP contribution >= 0.6 is 0 Å². The first kappa shape index (κ1) is 17.1. The lowest BCUT2D eigenvalue weighted by atomic mass is 10.1. The fraction of sp³-hybridized carbons (Fsp3) is 0.182. The number of amides is 1. The van der Waals surface area contributed by atoms with Gasteiger partial charge in [0.2, 0.25) is 5.91 Å². The van der Waals surface area contributed by atoms with Gasteiger partial charge in [0.1, 0.15) is 0 Å². The van der Waals surface area contributed by atoms with E-state index in [1.807, 2.05) is 67.1 Å². The second-order valence-corrected chi connectivity index (χ2v) is 6.80. The summed E-state index contributed by atoms with van der Waals surface area (Å²) in [6.45, 7) is 4.02. The molecule has 0 bridgehead atoms. The Hall–Kier alpha value is -3.34. The van der Waals surface area contributed by atoms with Crippen molar-refractivity contribution in [2.45, 2.75) is 26.3 Å². The molecule has 27 heavy (non-hydrogen) atoms. The van der Waals surface area contributed by atoms with Crippen molar-refractivity contribution in [1.29, 1.82) is 0 Å². The molecule has 4 aromatic rings. The molecule has 0 radical (unpaired) electrons. The predicted molar refractivity (Wildman–Crippen MR) is 107 cm³/mol. The van der Waals surface area contributed by atoms with Gasteiger partial charge in [-0.1, -0.05) is 30.3 Å². The number of benzene rings is 2. The molecule has 4 rings (SSSR count). The number of para-hydroxylation sites is 1. The molecule has 2 aromatic carbocycles. The highest BCUT2D eigenvalue weighted by Gasteiger charge is 2.15. The molecular formula is C22H22N4O. The maximum atomic E-state index is 12.6. The number of H-pyrrole nitrogens is 1. The number of aromatic nitrogens is 3. The van der Waals surface area contributed by atoms with E-state index >= 15 is 0 Å². The molecule has 2 aromatic heterocycles. The molecule has 1 amide bonds. The summed E-state index contributed by atoms with van der Waals surface area (Å²) in [7, 11) is 0. The van der Waals surface area contributed by atoms with Crippen molar-refractivity contribution < 1.29 is 4.79 Å². The average molecular weight is 358 g/mol. The standard InChI is InChI=1S/C22H22N4O/c1-15(17-7-9-18(10-8-17)26-12-11-23-14-26)25-22(27)13-20-16(2)24-21-6-4-3-5-19(20)21/h3-12,14-15,24H,13H2,1-2H3,(H,25,27)/t15-/m0/s1. The number of aromatic amines is 1. The highest BCUT2D eigenvalue weighted by atomic mass is 16.1. The number of aryl methyl sites for hydroxylation is 1. The van der Waals surface area contributed by atoms with Gasteiger partial charge in [0.15, 0.2) is 0 Å². The van der Waals surface area contributed by atoms with Crippen molar-refractivity contribution in [2.24, 2.45) is 0 Å². The van der Waals surface area contributed by atoms with Gasteiger partial charge in [-0.2, -0.15) is 0 Å². The lowest BCUT2D eigenvalue weighted by Crippen LogP contribution is -2.28. The second-order valence-electron chi connectivity index (χ2n) is 6.80. The highest BCUT2D eigenvalue weighted by molar-refractivity contribution is 5.90. The van der Waals surface area contributed by atoms with Crippen molar-refractivity contribution in [1.82, 2.24) is 19.9 Å². The summed E-state index contributed by atoms with van der Waals surface area (Å²) in [5, 5.41) is 4.22. The molecule has 0 aliphatic rings. The van der Waals surface area contributed by atoms with Gasteiger partial charge in [0, 0.05) is 34.7 Å². The van der Waals surface area contributed by atoms with Crippen LogP contribution in [0.5, 0.6) is 0 Å². The smallest absolute Gasteiger partial charge is 0.224 e. The maximum absolute atomic E-state index is 12.6. The van der Waals surface area contributed by atoms with Crippen LogP contribution in [-0.4, -0.2) is 20.4 Å². The average Bonchev–Trinajstić information content (AvgIpc) is 3.31. The zero-order chi connectivity index (χ0) is 18.8. The number of hydrogen-bond acceptors (Lipinski definition) is 2. The Morgan fingerprint density at radius 1 is 1.19 bits per heavy atom. The van der Waals surface area contributed by atoms with Crippen LogP contribution in [0.4, 0.5) is 0 Å².